The highest BCUT2D eigenvalue weighted by molar-refractivity contribution is 14.1. The molecule has 0 amide bonds. The number of rotatable bonds is 3. The zero-order chi connectivity index (χ0) is 8.10. The first-order chi connectivity index (χ1) is 5.33. The summed E-state index contributed by atoms with van der Waals surface area (Å²) in [5, 5.41) is 2.98. The highest BCUT2D eigenvalue weighted by Gasteiger charge is 1.91. The summed E-state index contributed by atoms with van der Waals surface area (Å²) in [7, 11) is 0. The molecule has 0 aliphatic rings. The van der Waals surface area contributed by atoms with Crippen LogP contribution in [0.2, 0.25) is 0 Å². The second kappa shape index (κ2) is 4.27. The van der Waals surface area contributed by atoms with Crippen LogP contribution in [0.4, 0.5) is 5.95 Å². The van der Waals surface area contributed by atoms with E-state index in [0.29, 0.717) is 12.5 Å². The molecule has 0 atom stereocenters. The Balaban J connectivity index is 2.58. The molecule has 0 unspecified atom stereocenters. The molecule has 0 saturated carbocycles. The van der Waals surface area contributed by atoms with Crippen molar-refractivity contribution in [3.8, 4) is 0 Å². The molecular formula is C7H8IN3. The molecule has 1 aromatic heterocycles. The fourth-order valence-electron chi connectivity index (χ4n) is 0.567. The van der Waals surface area contributed by atoms with Gasteiger partial charge in [0.1, 0.15) is 0 Å². The lowest BCUT2D eigenvalue weighted by Gasteiger charge is -1.98. The third kappa shape index (κ3) is 2.83. The standard InChI is InChI=1S/C7H8IN3/c1-2-3-9-7-10-4-6(8)5-11-7/h2,4-5H,1,3H2,(H,9,10,11). The first-order valence-electron chi connectivity index (χ1n) is 3.15. The van der Waals surface area contributed by atoms with Gasteiger partial charge in [0.15, 0.2) is 0 Å². The van der Waals surface area contributed by atoms with Crippen LogP contribution >= 0.6 is 22.6 Å². The topological polar surface area (TPSA) is 37.8 Å². The molecular weight excluding hydrogens is 253 g/mol. The lowest BCUT2D eigenvalue weighted by Crippen LogP contribution is -2.02. The molecule has 4 heteroatoms. The summed E-state index contributed by atoms with van der Waals surface area (Å²) < 4.78 is 1.03. The van der Waals surface area contributed by atoms with Crippen LogP contribution in [0.5, 0.6) is 0 Å². The van der Waals surface area contributed by atoms with Gasteiger partial charge in [0.05, 0.1) is 0 Å². The molecule has 0 aliphatic heterocycles. The van der Waals surface area contributed by atoms with Gasteiger partial charge in [0.25, 0.3) is 0 Å². The van der Waals surface area contributed by atoms with E-state index in [4.69, 9.17) is 0 Å². The zero-order valence-corrected chi connectivity index (χ0v) is 8.08. The molecule has 11 heavy (non-hydrogen) atoms. The van der Waals surface area contributed by atoms with Crippen LogP contribution in [-0.4, -0.2) is 16.5 Å². The van der Waals surface area contributed by atoms with E-state index in [9.17, 15) is 0 Å². The molecule has 58 valence electrons. The smallest absolute Gasteiger partial charge is 0.222 e. The molecule has 1 heterocycles. The van der Waals surface area contributed by atoms with Crippen molar-refractivity contribution in [1.82, 2.24) is 9.97 Å². The molecule has 0 radical (unpaired) electrons. The SMILES string of the molecule is C=CCNc1ncc(I)cn1. The van der Waals surface area contributed by atoms with E-state index in [-0.39, 0.29) is 0 Å². The van der Waals surface area contributed by atoms with Crippen LogP contribution in [0.15, 0.2) is 25.0 Å². The molecule has 0 aliphatic carbocycles. The Labute approximate surface area is 79.1 Å². The third-order valence-corrected chi connectivity index (χ3v) is 1.58. The summed E-state index contributed by atoms with van der Waals surface area (Å²) in [5.41, 5.74) is 0. The summed E-state index contributed by atoms with van der Waals surface area (Å²) in [5.74, 6) is 0.644. The zero-order valence-electron chi connectivity index (χ0n) is 5.92. The highest BCUT2D eigenvalue weighted by Crippen LogP contribution is 2.01. The molecule has 0 spiro atoms. The van der Waals surface area contributed by atoms with Crippen LogP contribution < -0.4 is 5.32 Å². The predicted octanol–water partition coefficient (Wildman–Crippen LogP) is 1.68. The van der Waals surface area contributed by atoms with Crippen molar-refractivity contribution in [3.05, 3.63) is 28.6 Å². The number of hydrogen-bond donors (Lipinski definition) is 1. The van der Waals surface area contributed by atoms with Gasteiger partial charge in [-0.2, -0.15) is 0 Å². The fraction of sp³-hybridized carbons (Fsp3) is 0.143. The second-order valence-electron chi connectivity index (χ2n) is 1.89. The first-order valence-corrected chi connectivity index (χ1v) is 4.23. The van der Waals surface area contributed by atoms with Gasteiger partial charge >= 0.3 is 0 Å². The first kappa shape index (κ1) is 8.45. The molecule has 0 aromatic carbocycles. The second-order valence-corrected chi connectivity index (χ2v) is 3.14. The Morgan fingerprint density at radius 2 is 2.18 bits per heavy atom. The monoisotopic (exact) mass is 261 g/mol. The number of aromatic nitrogens is 2. The number of hydrogen-bond acceptors (Lipinski definition) is 3. The van der Waals surface area contributed by atoms with Crippen molar-refractivity contribution >= 4 is 28.5 Å². The maximum Gasteiger partial charge on any atom is 0.222 e. The lowest BCUT2D eigenvalue weighted by molar-refractivity contribution is 1.11. The molecule has 1 aromatic rings. The van der Waals surface area contributed by atoms with E-state index in [1.165, 1.54) is 0 Å². The quantitative estimate of drug-likeness (QED) is 0.664. The summed E-state index contributed by atoms with van der Waals surface area (Å²) in [6.07, 6.45) is 5.29. The predicted molar refractivity (Wildman–Crippen MR) is 53.4 cm³/mol. The average molecular weight is 261 g/mol. The molecule has 0 fully saturated rings. The lowest BCUT2D eigenvalue weighted by atomic mass is 10.6. The minimum absolute atomic E-state index is 0.644. The maximum atomic E-state index is 4.04. The molecule has 1 N–H and O–H groups in total. The Bertz CT molecular complexity index is 232. The summed E-state index contributed by atoms with van der Waals surface area (Å²) in [6.45, 7) is 4.27. The molecule has 0 saturated heterocycles. The van der Waals surface area contributed by atoms with Gasteiger partial charge in [-0.25, -0.2) is 9.97 Å². The van der Waals surface area contributed by atoms with Gasteiger partial charge in [0, 0.05) is 22.5 Å². The number of nitrogens with zero attached hydrogens (tertiary/aromatic N) is 2. The molecule has 0 bridgehead atoms. The van der Waals surface area contributed by atoms with Gasteiger partial charge in [-0.3, -0.25) is 0 Å². The highest BCUT2D eigenvalue weighted by atomic mass is 127. The minimum atomic E-state index is 0.644. The van der Waals surface area contributed by atoms with Crippen LogP contribution in [0.25, 0.3) is 0 Å². The van der Waals surface area contributed by atoms with Gasteiger partial charge in [-0.15, -0.1) is 6.58 Å². The van der Waals surface area contributed by atoms with Crippen molar-refractivity contribution in [1.29, 1.82) is 0 Å². The minimum Gasteiger partial charge on any atom is -0.351 e. The number of anilines is 1. The number of halogens is 1. The van der Waals surface area contributed by atoms with Gasteiger partial charge < -0.3 is 5.32 Å². The normalized spacial score (nSPS) is 9.18. The number of nitrogens with one attached hydrogen (secondary N) is 1. The van der Waals surface area contributed by atoms with Crippen molar-refractivity contribution < 1.29 is 0 Å². The Kier molecular flexibility index (Phi) is 3.28. The van der Waals surface area contributed by atoms with E-state index in [0.717, 1.165) is 3.57 Å². The van der Waals surface area contributed by atoms with Gasteiger partial charge in [-0.1, -0.05) is 6.08 Å². The molecule has 3 nitrogen and oxygen atoms in total. The van der Waals surface area contributed by atoms with Crippen LogP contribution in [0.1, 0.15) is 0 Å². The van der Waals surface area contributed by atoms with Crippen molar-refractivity contribution in [3.63, 3.8) is 0 Å². The van der Waals surface area contributed by atoms with Gasteiger partial charge in [0.2, 0.25) is 5.95 Å². The van der Waals surface area contributed by atoms with E-state index < -0.39 is 0 Å². The van der Waals surface area contributed by atoms with E-state index in [2.05, 4.69) is 44.5 Å². The fourth-order valence-corrected chi connectivity index (χ4v) is 0.846. The largest absolute Gasteiger partial charge is 0.351 e. The van der Waals surface area contributed by atoms with Crippen molar-refractivity contribution in [2.24, 2.45) is 0 Å². The van der Waals surface area contributed by atoms with Crippen LogP contribution in [0, 0.1) is 3.57 Å². The van der Waals surface area contributed by atoms with Crippen molar-refractivity contribution in [2.75, 3.05) is 11.9 Å². The average Bonchev–Trinajstić information content (AvgIpc) is 2.04. The maximum absolute atomic E-state index is 4.04. The van der Waals surface area contributed by atoms with E-state index in [1.807, 2.05) is 0 Å². The van der Waals surface area contributed by atoms with Gasteiger partial charge in [-0.05, 0) is 22.6 Å². The summed E-state index contributed by atoms with van der Waals surface area (Å²) >= 11 is 2.16. The Hall–Kier alpha value is -0.650. The van der Waals surface area contributed by atoms with Crippen LogP contribution in [0.3, 0.4) is 0 Å². The molecule has 1 rings (SSSR count). The van der Waals surface area contributed by atoms with Crippen LogP contribution in [-0.2, 0) is 0 Å². The van der Waals surface area contributed by atoms with E-state index >= 15 is 0 Å². The van der Waals surface area contributed by atoms with Crippen molar-refractivity contribution in [2.45, 2.75) is 0 Å². The summed E-state index contributed by atoms with van der Waals surface area (Å²) in [4.78, 5) is 8.08. The Morgan fingerprint density at radius 1 is 1.55 bits per heavy atom. The Morgan fingerprint density at radius 3 is 2.73 bits per heavy atom. The van der Waals surface area contributed by atoms with E-state index in [1.54, 1.807) is 18.5 Å². The summed E-state index contributed by atoms with van der Waals surface area (Å²) in [6, 6.07) is 0. The third-order valence-electron chi connectivity index (χ3n) is 1.02.